The Hall–Kier alpha value is -2.67. The number of thiophene rings is 1. The molecule has 230 valence electrons. The molecule has 1 amide bonds. The molecule has 1 saturated heterocycles. The van der Waals surface area contributed by atoms with Crippen molar-refractivity contribution >= 4 is 41.1 Å². The molecule has 0 spiro atoms. The van der Waals surface area contributed by atoms with Gasteiger partial charge in [0.25, 0.3) is 0 Å². The molecular formula is C31H36F3N5O2S2. The molecule has 0 atom stereocenters. The zero-order valence-electron chi connectivity index (χ0n) is 24.4. The average molecular weight is 632 g/mol. The average Bonchev–Trinajstić information content (AvgIpc) is 3.74. The highest BCUT2D eigenvalue weighted by Gasteiger charge is 2.36. The zero-order valence-corrected chi connectivity index (χ0v) is 26.0. The van der Waals surface area contributed by atoms with Gasteiger partial charge < -0.3 is 15.0 Å². The number of thioether (sulfide) groups is 1. The Labute approximate surface area is 258 Å². The summed E-state index contributed by atoms with van der Waals surface area (Å²) in [7, 11) is 0. The number of halogens is 3. The fourth-order valence-electron chi connectivity index (χ4n) is 5.71. The number of rotatable bonds is 12. The highest BCUT2D eigenvalue weighted by Crippen LogP contribution is 2.42. The quantitative estimate of drug-likeness (QED) is 0.180. The fraction of sp³-hybridized carbons (Fsp3) is 0.516. The van der Waals surface area contributed by atoms with Crippen molar-refractivity contribution < 1.29 is 22.7 Å². The molecule has 3 aliphatic rings. The van der Waals surface area contributed by atoms with Crippen LogP contribution in [0.2, 0.25) is 0 Å². The second kappa shape index (κ2) is 12.7. The number of hydrogen-bond acceptors (Lipinski definition) is 8. The van der Waals surface area contributed by atoms with Gasteiger partial charge in [0, 0.05) is 65.5 Å². The van der Waals surface area contributed by atoms with Crippen LogP contribution in [0.15, 0.2) is 29.3 Å². The summed E-state index contributed by atoms with van der Waals surface area (Å²) < 4.78 is 47.7. The molecule has 12 heteroatoms. The van der Waals surface area contributed by atoms with E-state index in [9.17, 15) is 18.0 Å². The molecule has 2 aliphatic heterocycles. The highest BCUT2D eigenvalue weighted by molar-refractivity contribution is 7.99. The Morgan fingerprint density at radius 2 is 2.05 bits per heavy atom. The summed E-state index contributed by atoms with van der Waals surface area (Å²) in [6.45, 7) is 9.19. The Balaban J connectivity index is 1.22. The number of carbonyl (C=O) groups is 1. The minimum absolute atomic E-state index is 0.121. The number of ether oxygens (including phenoxy) is 1. The van der Waals surface area contributed by atoms with Crippen molar-refractivity contribution in [3.63, 3.8) is 0 Å². The van der Waals surface area contributed by atoms with Crippen LogP contribution in [0.4, 0.5) is 24.8 Å². The van der Waals surface area contributed by atoms with Crippen LogP contribution >= 0.6 is 23.1 Å². The van der Waals surface area contributed by atoms with Gasteiger partial charge in [-0.1, -0.05) is 13.0 Å². The highest BCUT2D eigenvalue weighted by atomic mass is 32.2. The van der Waals surface area contributed by atoms with Gasteiger partial charge in [-0.3, -0.25) is 9.69 Å². The third-order valence-corrected chi connectivity index (χ3v) is 10.6. The van der Waals surface area contributed by atoms with Crippen molar-refractivity contribution in [2.45, 2.75) is 63.2 Å². The summed E-state index contributed by atoms with van der Waals surface area (Å²) in [6.07, 6.45) is 0.948. The molecule has 7 nitrogen and oxygen atoms in total. The van der Waals surface area contributed by atoms with Gasteiger partial charge in [0.05, 0.1) is 23.8 Å². The van der Waals surface area contributed by atoms with Gasteiger partial charge in [-0.2, -0.15) is 13.2 Å². The largest absolute Gasteiger partial charge is 0.420 e. The number of nitrogens with one attached hydrogen (secondary N) is 1. The lowest BCUT2D eigenvalue weighted by molar-refractivity contribution is -0.137. The van der Waals surface area contributed by atoms with E-state index in [2.05, 4.69) is 39.2 Å². The van der Waals surface area contributed by atoms with E-state index in [0.29, 0.717) is 29.1 Å². The summed E-state index contributed by atoms with van der Waals surface area (Å²) in [5, 5.41) is 3.26. The Kier molecular flexibility index (Phi) is 9.00. The van der Waals surface area contributed by atoms with E-state index in [1.165, 1.54) is 22.5 Å². The van der Waals surface area contributed by atoms with Crippen LogP contribution in [0, 0.1) is 12.8 Å². The molecule has 4 heterocycles. The van der Waals surface area contributed by atoms with Crippen molar-refractivity contribution in [2.24, 2.45) is 5.92 Å². The second-order valence-corrected chi connectivity index (χ2v) is 13.9. The number of benzene rings is 1. The number of alkyl halides is 3. The molecule has 1 N–H and O–H groups in total. The molecule has 0 bridgehead atoms. The van der Waals surface area contributed by atoms with E-state index in [1.54, 1.807) is 17.8 Å². The molecule has 6 rings (SSSR count). The minimum Gasteiger partial charge on any atom is -0.381 e. The minimum atomic E-state index is -4.59. The first kappa shape index (κ1) is 30.4. The van der Waals surface area contributed by atoms with Gasteiger partial charge in [0.2, 0.25) is 12.4 Å². The monoisotopic (exact) mass is 631 g/mol. The standard InChI is InChI=1S/C31H36F3N5O2S2/c1-3-21-10-23-15-38(14-20-16-41-17-20)7-6-22(23)11-26(21)36-30-35-13-25(31(32,33)34)29(37-30)28-12-27(19(2)43-28)42-9-8-39(18-40)24-4-5-24/h10-13,18,20,24H,3-9,14-17H2,1-2H3,(H,35,36,37). The number of aryl methyl sites for hydroxylation is 2. The molecule has 0 unspecified atom stereocenters. The normalized spacial score (nSPS) is 17.4. The Bertz CT molecular complexity index is 1470. The van der Waals surface area contributed by atoms with Crippen molar-refractivity contribution in [1.82, 2.24) is 19.8 Å². The summed E-state index contributed by atoms with van der Waals surface area (Å²) in [5.41, 5.74) is 3.49. The van der Waals surface area contributed by atoms with Crippen LogP contribution in [-0.2, 0) is 35.1 Å². The number of anilines is 2. The van der Waals surface area contributed by atoms with Gasteiger partial charge in [-0.05, 0) is 61.4 Å². The van der Waals surface area contributed by atoms with Crippen LogP contribution in [0.5, 0.6) is 0 Å². The van der Waals surface area contributed by atoms with Gasteiger partial charge in [0.1, 0.15) is 5.56 Å². The smallest absolute Gasteiger partial charge is 0.381 e. The van der Waals surface area contributed by atoms with Crippen LogP contribution in [0.1, 0.15) is 46.9 Å². The first-order valence-corrected chi connectivity index (χ1v) is 16.6. The van der Waals surface area contributed by atoms with Crippen molar-refractivity contribution in [1.29, 1.82) is 0 Å². The molecular weight excluding hydrogens is 596 g/mol. The van der Waals surface area contributed by atoms with E-state index in [0.717, 1.165) is 92.2 Å². The molecule has 0 radical (unpaired) electrons. The van der Waals surface area contributed by atoms with Gasteiger partial charge >= 0.3 is 6.18 Å². The first-order chi connectivity index (χ1) is 20.7. The van der Waals surface area contributed by atoms with Crippen molar-refractivity contribution in [2.75, 3.05) is 43.9 Å². The third kappa shape index (κ3) is 7.02. The van der Waals surface area contributed by atoms with Gasteiger partial charge in [-0.25, -0.2) is 9.97 Å². The number of carbonyl (C=O) groups excluding carboxylic acids is 1. The lowest BCUT2D eigenvalue weighted by Crippen LogP contribution is -2.41. The molecule has 1 saturated carbocycles. The molecule has 43 heavy (non-hydrogen) atoms. The number of nitrogens with zero attached hydrogens (tertiary/aromatic N) is 4. The number of fused-ring (bicyclic) bond motifs is 1. The van der Waals surface area contributed by atoms with E-state index in [1.807, 2.05) is 11.8 Å². The summed E-state index contributed by atoms with van der Waals surface area (Å²) in [6, 6.07) is 6.45. The van der Waals surface area contributed by atoms with Crippen molar-refractivity contribution in [3.8, 4) is 10.6 Å². The third-order valence-electron chi connectivity index (χ3n) is 8.33. The molecule has 1 aromatic carbocycles. The summed E-state index contributed by atoms with van der Waals surface area (Å²) >= 11 is 2.85. The number of amides is 1. The molecule has 3 aromatic rings. The van der Waals surface area contributed by atoms with E-state index in [-0.39, 0.29) is 11.6 Å². The van der Waals surface area contributed by atoms with Crippen molar-refractivity contribution in [3.05, 3.63) is 51.5 Å². The fourth-order valence-corrected chi connectivity index (χ4v) is 7.93. The van der Waals surface area contributed by atoms with Crippen LogP contribution < -0.4 is 5.32 Å². The topological polar surface area (TPSA) is 70.6 Å². The predicted octanol–water partition coefficient (Wildman–Crippen LogP) is 6.56. The molecule has 2 aromatic heterocycles. The number of aromatic nitrogens is 2. The van der Waals surface area contributed by atoms with Crippen LogP contribution in [0.25, 0.3) is 10.6 Å². The maximum Gasteiger partial charge on any atom is 0.420 e. The molecule has 1 aliphatic carbocycles. The van der Waals surface area contributed by atoms with Gasteiger partial charge in [-0.15, -0.1) is 23.1 Å². The lowest BCUT2D eigenvalue weighted by atomic mass is 9.94. The molecule has 2 fully saturated rings. The lowest BCUT2D eigenvalue weighted by Gasteiger charge is -2.35. The second-order valence-electron chi connectivity index (χ2n) is 11.6. The maximum atomic E-state index is 14.1. The van der Waals surface area contributed by atoms with Crippen LogP contribution in [-0.4, -0.2) is 70.8 Å². The summed E-state index contributed by atoms with van der Waals surface area (Å²) in [5.74, 6) is 1.44. The van der Waals surface area contributed by atoms with E-state index < -0.39 is 11.7 Å². The Morgan fingerprint density at radius 3 is 2.72 bits per heavy atom. The SMILES string of the molecule is CCc1cc2c(cc1Nc1ncc(C(F)(F)F)c(-c3cc(SCCN(C=O)C4CC4)c(C)s3)n1)CCN(CC1COC1)C2. The van der Waals surface area contributed by atoms with Gasteiger partial charge in [0.15, 0.2) is 0 Å². The maximum absolute atomic E-state index is 14.1. The Morgan fingerprint density at radius 1 is 1.23 bits per heavy atom. The first-order valence-electron chi connectivity index (χ1n) is 14.8. The van der Waals surface area contributed by atoms with E-state index in [4.69, 9.17) is 4.74 Å². The zero-order chi connectivity index (χ0) is 30.1. The van der Waals surface area contributed by atoms with E-state index >= 15 is 0 Å². The summed E-state index contributed by atoms with van der Waals surface area (Å²) in [4.78, 5) is 26.5. The number of hydrogen-bond donors (Lipinski definition) is 1. The predicted molar refractivity (Wildman–Crippen MR) is 164 cm³/mol. The van der Waals surface area contributed by atoms with Crippen LogP contribution in [0.3, 0.4) is 0 Å².